The summed E-state index contributed by atoms with van der Waals surface area (Å²) in [4.78, 5) is 18.1. The molecular formula is C18H26N2O. The first-order valence-electron chi connectivity index (χ1n) is 7.73. The second kappa shape index (κ2) is 5.92. The van der Waals surface area contributed by atoms with Crippen LogP contribution in [0.4, 0.5) is 0 Å². The van der Waals surface area contributed by atoms with Crippen LogP contribution < -0.4 is 0 Å². The van der Waals surface area contributed by atoms with E-state index in [0.717, 1.165) is 41.5 Å². The highest BCUT2D eigenvalue weighted by Gasteiger charge is 2.35. The van der Waals surface area contributed by atoms with E-state index in [2.05, 4.69) is 31.0 Å². The van der Waals surface area contributed by atoms with Crippen LogP contribution in [-0.2, 0) is 10.2 Å². The van der Waals surface area contributed by atoms with Crippen LogP contribution in [0.5, 0.6) is 0 Å². The summed E-state index contributed by atoms with van der Waals surface area (Å²) in [6, 6.07) is 8.20. The number of hydrogen-bond acceptors (Lipinski definition) is 1. The van der Waals surface area contributed by atoms with Crippen molar-refractivity contribution in [2.75, 3.05) is 13.6 Å². The van der Waals surface area contributed by atoms with Crippen molar-refractivity contribution in [1.82, 2.24) is 9.88 Å². The van der Waals surface area contributed by atoms with Gasteiger partial charge in [-0.2, -0.15) is 0 Å². The molecule has 0 aliphatic rings. The highest BCUT2D eigenvalue weighted by atomic mass is 16.2. The molecule has 1 aromatic heterocycles. The third kappa shape index (κ3) is 2.82. The Hall–Kier alpha value is -1.77. The van der Waals surface area contributed by atoms with Gasteiger partial charge in [0.15, 0.2) is 0 Å². The summed E-state index contributed by atoms with van der Waals surface area (Å²) >= 11 is 0. The number of hydrogen-bond donors (Lipinski definition) is 1. The van der Waals surface area contributed by atoms with Crippen molar-refractivity contribution in [3.63, 3.8) is 0 Å². The maximum atomic E-state index is 12.9. The zero-order chi connectivity index (χ0) is 15.6. The molecule has 1 N–H and O–H groups in total. The van der Waals surface area contributed by atoms with E-state index in [1.165, 1.54) is 0 Å². The second-order valence-electron chi connectivity index (χ2n) is 6.38. The largest absolute Gasteiger partial charge is 0.358 e. The monoisotopic (exact) mass is 286 g/mol. The zero-order valence-electron chi connectivity index (χ0n) is 13.8. The van der Waals surface area contributed by atoms with E-state index in [9.17, 15) is 4.79 Å². The number of carbonyl (C=O) groups excluding carboxylic acids is 1. The van der Waals surface area contributed by atoms with Gasteiger partial charge >= 0.3 is 0 Å². The van der Waals surface area contributed by atoms with Crippen LogP contribution in [0, 0.1) is 6.92 Å². The van der Waals surface area contributed by atoms with Crippen molar-refractivity contribution < 1.29 is 4.79 Å². The van der Waals surface area contributed by atoms with Gasteiger partial charge in [0.25, 0.3) is 0 Å². The Bertz CT molecular complexity index is 640. The van der Waals surface area contributed by atoms with Gasteiger partial charge in [-0.25, -0.2) is 0 Å². The molecule has 0 unspecified atom stereocenters. The summed E-state index contributed by atoms with van der Waals surface area (Å²) in [6.45, 7) is 9.07. The average molecular weight is 286 g/mol. The van der Waals surface area contributed by atoms with E-state index >= 15 is 0 Å². The molecule has 0 atom stereocenters. The van der Waals surface area contributed by atoms with Gasteiger partial charge in [-0.15, -0.1) is 0 Å². The standard InChI is InChI=1S/C18H26N2O/c1-6-7-12-20(5)17(21)18(3,4)16-13(2)19-15-11-9-8-10-14(15)16/h8-11,19H,6-7,12H2,1-5H3. The summed E-state index contributed by atoms with van der Waals surface area (Å²) in [5, 5.41) is 1.15. The maximum Gasteiger partial charge on any atom is 0.232 e. The molecule has 0 fully saturated rings. The number of para-hydroxylation sites is 1. The summed E-state index contributed by atoms with van der Waals surface area (Å²) in [6.07, 6.45) is 2.15. The normalized spacial score (nSPS) is 11.9. The third-order valence-electron chi connectivity index (χ3n) is 4.25. The van der Waals surface area contributed by atoms with E-state index in [0.29, 0.717) is 0 Å². The number of carbonyl (C=O) groups is 1. The first-order chi connectivity index (χ1) is 9.89. The van der Waals surface area contributed by atoms with Crippen LogP contribution in [-0.4, -0.2) is 29.4 Å². The number of H-pyrrole nitrogens is 1. The Kier molecular flexibility index (Phi) is 4.40. The predicted molar refractivity (Wildman–Crippen MR) is 88.6 cm³/mol. The van der Waals surface area contributed by atoms with Crippen molar-refractivity contribution in [3.8, 4) is 0 Å². The van der Waals surface area contributed by atoms with Crippen LogP contribution in [0.2, 0.25) is 0 Å². The van der Waals surface area contributed by atoms with E-state index in [1.54, 1.807) is 0 Å². The molecule has 0 radical (unpaired) electrons. The Labute approximate surface area is 127 Å². The lowest BCUT2D eigenvalue weighted by molar-refractivity contribution is -0.134. The van der Waals surface area contributed by atoms with E-state index < -0.39 is 5.41 Å². The molecule has 2 rings (SSSR count). The minimum atomic E-state index is -0.522. The molecular weight excluding hydrogens is 260 g/mol. The highest BCUT2D eigenvalue weighted by molar-refractivity contribution is 5.95. The minimum absolute atomic E-state index is 0.184. The number of amides is 1. The summed E-state index contributed by atoms with van der Waals surface area (Å²) in [5.41, 5.74) is 2.78. The second-order valence-corrected chi connectivity index (χ2v) is 6.38. The molecule has 3 heteroatoms. The Morgan fingerprint density at radius 3 is 2.62 bits per heavy atom. The molecule has 0 saturated heterocycles. The lowest BCUT2D eigenvalue weighted by atomic mass is 9.81. The Balaban J connectivity index is 2.41. The molecule has 0 spiro atoms. The number of likely N-dealkylation sites (N-methyl/N-ethyl adjacent to an activating group) is 1. The molecule has 0 saturated carbocycles. The molecule has 2 aromatic rings. The average Bonchev–Trinajstić information content (AvgIpc) is 2.80. The number of benzene rings is 1. The summed E-state index contributed by atoms with van der Waals surface area (Å²) in [7, 11) is 1.91. The predicted octanol–water partition coefficient (Wildman–Crippen LogP) is 4.01. The molecule has 1 aromatic carbocycles. The zero-order valence-corrected chi connectivity index (χ0v) is 13.8. The number of unbranched alkanes of at least 4 members (excludes halogenated alkanes) is 1. The number of rotatable bonds is 5. The first kappa shape index (κ1) is 15.6. The Morgan fingerprint density at radius 2 is 1.95 bits per heavy atom. The molecule has 0 aliphatic carbocycles. The van der Waals surface area contributed by atoms with Crippen molar-refractivity contribution >= 4 is 16.8 Å². The van der Waals surface area contributed by atoms with Gasteiger partial charge in [0.2, 0.25) is 5.91 Å². The van der Waals surface area contributed by atoms with E-state index in [-0.39, 0.29) is 5.91 Å². The fraction of sp³-hybridized carbons (Fsp3) is 0.500. The van der Waals surface area contributed by atoms with Gasteiger partial charge < -0.3 is 9.88 Å². The Morgan fingerprint density at radius 1 is 1.29 bits per heavy atom. The van der Waals surface area contributed by atoms with Gasteiger partial charge in [-0.3, -0.25) is 4.79 Å². The molecule has 0 aliphatic heterocycles. The lowest BCUT2D eigenvalue weighted by Crippen LogP contribution is -2.42. The molecule has 3 nitrogen and oxygen atoms in total. The smallest absolute Gasteiger partial charge is 0.232 e. The van der Waals surface area contributed by atoms with Gasteiger partial charge in [-0.1, -0.05) is 31.5 Å². The molecule has 0 bridgehead atoms. The van der Waals surface area contributed by atoms with Gasteiger partial charge in [-0.05, 0) is 38.8 Å². The topological polar surface area (TPSA) is 36.1 Å². The number of nitrogens with zero attached hydrogens (tertiary/aromatic N) is 1. The van der Waals surface area contributed by atoms with E-state index in [1.807, 2.05) is 37.9 Å². The van der Waals surface area contributed by atoms with Crippen LogP contribution >= 0.6 is 0 Å². The molecule has 1 amide bonds. The number of aromatic nitrogens is 1. The molecule has 114 valence electrons. The number of fused-ring (bicyclic) bond motifs is 1. The van der Waals surface area contributed by atoms with Gasteiger partial charge in [0.05, 0.1) is 5.41 Å². The molecule has 1 heterocycles. The number of aromatic amines is 1. The highest BCUT2D eigenvalue weighted by Crippen LogP contribution is 2.34. The fourth-order valence-electron chi connectivity index (χ4n) is 3.16. The van der Waals surface area contributed by atoms with Crippen LogP contribution in [0.15, 0.2) is 24.3 Å². The van der Waals surface area contributed by atoms with Crippen molar-refractivity contribution in [2.24, 2.45) is 0 Å². The van der Waals surface area contributed by atoms with Crippen LogP contribution in [0.1, 0.15) is 44.9 Å². The number of aryl methyl sites for hydroxylation is 1. The SMILES string of the molecule is CCCCN(C)C(=O)C(C)(C)c1c(C)[nH]c2ccccc12. The van der Waals surface area contributed by atoms with Crippen molar-refractivity contribution in [1.29, 1.82) is 0 Å². The van der Waals surface area contributed by atoms with Gasteiger partial charge in [0, 0.05) is 30.2 Å². The lowest BCUT2D eigenvalue weighted by Gasteiger charge is -2.30. The van der Waals surface area contributed by atoms with Gasteiger partial charge in [0.1, 0.15) is 0 Å². The van der Waals surface area contributed by atoms with Crippen molar-refractivity contribution in [3.05, 3.63) is 35.5 Å². The third-order valence-corrected chi connectivity index (χ3v) is 4.25. The maximum absolute atomic E-state index is 12.9. The minimum Gasteiger partial charge on any atom is -0.358 e. The number of nitrogens with one attached hydrogen (secondary N) is 1. The summed E-state index contributed by atoms with van der Waals surface area (Å²) < 4.78 is 0. The van der Waals surface area contributed by atoms with Crippen molar-refractivity contribution in [2.45, 2.75) is 46.0 Å². The first-order valence-corrected chi connectivity index (χ1v) is 7.73. The fourth-order valence-corrected chi connectivity index (χ4v) is 3.16. The summed E-state index contributed by atoms with van der Waals surface area (Å²) in [5.74, 6) is 0.184. The molecule has 21 heavy (non-hydrogen) atoms. The van der Waals surface area contributed by atoms with Crippen LogP contribution in [0.3, 0.4) is 0 Å². The quantitative estimate of drug-likeness (QED) is 0.885. The van der Waals surface area contributed by atoms with Crippen LogP contribution in [0.25, 0.3) is 10.9 Å². The van der Waals surface area contributed by atoms with E-state index in [4.69, 9.17) is 0 Å².